The largest absolute Gasteiger partial charge is 0.376 e. The quantitative estimate of drug-likeness (QED) is 0.824. The third-order valence-electron chi connectivity index (χ3n) is 6.97. The van der Waals surface area contributed by atoms with Crippen LogP contribution >= 0.6 is 0 Å². The molecule has 0 saturated heterocycles. The third-order valence-corrected chi connectivity index (χ3v) is 8.01. The Morgan fingerprint density at radius 3 is 2.19 bits per heavy atom. The SMILES string of the molecule is COC1(CNS(=O)(=O)/C=C/c2ccc(C)cc2)C2CC3CC(C2)CC1C3. The Labute approximate surface area is 157 Å². The molecule has 1 aromatic carbocycles. The molecule has 0 aliphatic heterocycles. The van der Waals surface area contributed by atoms with E-state index in [1.165, 1.54) is 37.5 Å². The van der Waals surface area contributed by atoms with E-state index in [4.69, 9.17) is 4.74 Å². The number of hydrogen-bond acceptors (Lipinski definition) is 3. The number of rotatable bonds is 6. The maximum absolute atomic E-state index is 12.5. The number of benzene rings is 1. The van der Waals surface area contributed by atoms with Crippen LogP contribution in [0, 0.1) is 30.6 Å². The molecule has 4 saturated carbocycles. The number of ether oxygens (including phenoxy) is 1. The van der Waals surface area contributed by atoms with Crippen molar-refractivity contribution < 1.29 is 13.2 Å². The van der Waals surface area contributed by atoms with Crippen LogP contribution in [0.2, 0.25) is 0 Å². The van der Waals surface area contributed by atoms with Crippen molar-refractivity contribution in [1.82, 2.24) is 4.72 Å². The summed E-state index contributed by atoms with van der Waals surface area (Å²) in [5, 5.41) is 1.27. The highest BCUT2D eigenvalue weighted by Crippen LogP contribution is 2.59. The van der Waals surface area contributed by atoms with E-state index >= 15 is 0 Å². The normalized spacial score (nSPS) is 36.1. The van der Waals surface area contributed by atoms with Crippen LogP contribution in [0.5, 0.6) is 0 Å². The summed E-state index contributed by atoms with van der Waals surface area (Å²) in [6.07, 6.45) is 7.81. The van der Waals surface area contributed by atoms with Crippen LogP contribution in [0.15, 0.2) is 29.7 Å². The molecule has 0 aromatic heterocycles. The van der Waals surface area contributed by atoms with Gasteiger partial charge in [0.25, 0.3) is 0 Å². The molecular formula is C21H29NO3S. The molecule has 4 bridgehead atoms. The van der Waals surface area contributed by atoms with E-state index in [2.05, 4.69) is 4.72 Å². The topological polar surface area (TPSA) is 55.4 Å². The van der Waals surface area contributed by atoms with Crippen LogP contribution in [0.4, 0.5) is 0 Å². The lowest BCUT2D eigenvalue weighted by Crippen LogP contribution is -2.63. The number of nitrogens with one attached hydrogen (secondary N) is 1. The minimum Gasteiger partial charge on any atom is -0.376 e. The molecule has 4 aliphatic rings. The van der Waals surface area contributed by atoms with Gasteiger partial charge in [-0.1, -0.05) is 29.8 Å². The maximum Gasteiger partial charge on any atom is 0.233 e. The molecular weight excluding hydrogens is 346 g/mol. The number of hydrogen-bond donors (Lipinski definition) is 1. The molecule has 5 rings (SSSR count). The Balaban J connectivity index is 1.45. The van der Waals surface area contributed by atoms with Crippen molar-refractivity contribution in [2.75, 3.05) is 13.7 Å². The van der Waals surface area contributed by atoms with Gasteiger partial charge >= 0.3 is 0 Å². The predicted molar refractivity (Wildman–Crippen MR) is 104 cm³/mol. The Morgan fingerprint density at radius 1 is 1.08 bits per heavy atom. The Morgan fingerprint density at radius 2 is 1.65 bits per heavy atom. The van der Waals surface area contributed by atoms with E-state index in [0.717, 1.165) is 23.0 Å². The van der Waals surface area contributed by atoms with Crippen molar-refractivity contribution in [3.05, 3.63) is 40.8 Å². The van der Waals surface area contributed by atoms with Crippen molar-refractivity contribution in [3.63, 3.8) is 0 Å². The van der Waals surface area contributed by atoms with Crippen molar-refractivity contribution in [3.8, 4) is 0 Å². The highest BCUT2D eigenvalue weighted by atomic mass is 32.2. The van der Waals surface area contributed by atoms with Crippen molar-refractivity contribution >= 4 is 16.1 Å². The van der Waals surface area contributed by atoms with Crippen LogP contribution < -0.4 is 4.72 Å². The first-order valence-electron chi connectivity index (χ1n) is 9.70. The Bertz CT molecular complexity index is 754. The van der Waals surface area contributed by atoms with Crippen molar-refractivity contribution in [1.29, 1.82) is 0 Å². The third kappa shape index (κ3) is 3.37. The summed E-state index contributed by atoms with van der Waals surface area (Å²) in [4.78, 5) is 0. The van der Waals surface area contributed by atoms with Gasteiger partial charge in [-0.25, -0.2) is 13.1 Å². The molecule has 1 N–H and O–H groups in total. The lowest BCUT2D eigenvalue weighted by Gasteiger charge is -2.60. The first kappa shape index (κ1) is 18.2. The molecule has 5 heteroatoms. The lowest BCUT2D eigenvalue weighted by atomic mass is 9.50. The average molecular weight is 376 g/mol. The maximum atomic E-state index is 12.5. The van der Waals surface area contributed by atoms with E-state index in [1.807, 2.05) is 31.2 Å². The van der Waals surface area contributed by atoms with Crippen molar-refractivity contribution in [2.24, 2.45) is 23.7 Å². The van der Waals surface area contributed by atoms with E-state index in [9.17, 15) is 8.42 Å². The van der Waals surface area contributed by atoms with Gasteiger partial charge in [0.1, 0.15) is 0 Å². The molecule has 4 nitrogen and oxygen atoms in total. The fourth-order valence-electron chi connectivity index (χ4n) is 5.78. The first-order valence-corrected chi connectivity index (χ1v) is 11.2. The van der Waals surface area contributed by atoms with E-state index < -0.39 is 10.0 Å². The van der Waals surface area contributed by atoms with Gasteiger partial charge in [-0.15, -0.1) is 0 Å². The zero-order valence-electron chi connectivity index (χ0n) is 15.6. The summed E-state index contributed by atoms with van der Waals surface area (Å²) in [6, 6.07) is 7.81. The van der Waals surface area contributed by atoms with Crippen LogP contribution in [-0.2, 0) is 14.8 Å². The second-order valence-corrected chi connectivity index (χ2v) is 10.2. The molecule has 142 valence electrons. The summed E-state index contributed by atoms with van der Waals surface area (Å²) in [5.74, 6) is 2.65. The van der Waals surface area contributed by atoms with Gasteiger partial charge in [-0.3, -0.25) is 0 Å². The van der Waals surface area contributed by atoms with Crippen LogP contribution in [-0.4, -0.2) is 27.7 Å². The number of sulfonamides is 1. The zero-order chi connectivity index (χ0) is 18.4. The highest BCUT2D eigenvalue weighted by molar-refractivity contribution is 7.92. The van der Waals surface area contributed by atoms with Gasteiger partial charge in [0.05, 0.1) is 5.60 Å². The van der Waals surface area contributed by atoms with Gasteiger partial charge < -0.3 is 4.74 Å². The fourth-order valence-corrected chi connectivity index (χ4v) is 6.64. The molecule has 4 fully saturated rings. The molecule has 1 aromatic rings. The molecule has 0 unspecified atom stereocenters. The monoisotopic (exact) mass is 375 g/mol. The smallest absolute Gasteiger partial charge is 0.233 e. The minimum atomic E-state index is -3.48. The average Bonchev–Trinajstić information content (AvgIpc) is 2.61. The van der Waals surface area contributed by atoms with Gasteiger partial charge in [0, 0.05) is 19.1 Å². The van der Waals surface area contributed by atoms with E-state index in [-0.39, 0.29) is 5.60 Å². The van der Waals surface area contributed by atoms with Gasteiger partial charge in [-0.2, -0.15) is 0 Å². The number of methoxy groups -OCH3 is 1. The summed E-state index contributed by atoms with van der Waals surface area (Å²) < 4.78 is 33.9. The predicted octanol–water partition coefficient (Wildman–Crippen LogP) is 3.73. The van der Waals surface area contributed by atoms with E-state index in [0.29, 0.717) is 18.4 Å². The summed E-state index contributed by atoms with van der Waals surface area (Å²) >= 11 is 0. The molecule has 0 atom stereocenters. The summed E-state index contributed by atoms with van der Waals surface area (Å²) in [6.45, 7) is 2.40. The Kier molecular flexibility index (Phi) is 4.74. The highest BCUT2D eigenvalue weighted by Gasteiger charge is 2.57. The van der Waals surface area contributed by atoms with Gasteiger partial charge in [-0.05, 0) is 74.3 Å². The first-order chi connectivity index (χ1) is 12.4. The molecule has 0 amide bonds. The van der Waals surface area contributed by atoms with Gasteiger partial charge in [0.2, 0.25) is 10.0 Å². The summed E-state index contributed by atoms with van der Waals surface area (Å²) in [7, 11) is -1.72. The molecule has 0 heterocycles. The second kappa shape index (κ2) is 6.77. The molecule has 0 spiro atoms. The zero-order valence-corrected chi connectivity index (χ0v) is 16.5. The standard InChI is InChI=1S/C21H29NO3S/c1-15-3-5-16(6-4-15)7-8-26(23,24)22-14-21(25-2)19-10-17-9-18(12-19)13-20(21)11-17/h3-8,17-20,22H,9-14H2,1-2H3/b8-7+. The molecule has 26 heavy (non-hydrogen) atoms. The molecule has 4 aliphatic carbocycles. The minimum absolute atomic E-state index is 0.321. The van der Waals surface area contributed by atoms with Crippen LogP contribution in [0.3, 0.4) is 0 Å². The second-order valence-electron chi connectivity index (χ2n) is 8.54. The Hall–Kier alpha value is -1.17. The van der Waals surface area contributed by atoms with Gasteiger partial charge in [0.15, 0.2) is 0 Å². The van der Waals surface area contributed by atoms with Crippen molar-refractivity contribution in [2.45, 2.75) is 44.6 Å². The van der Waals surface area contributed by atoms with Crippen LogP contribution in [0.25, 0.3) is 6.08 Å². The fraction of sp³-hybridized carbons (Fsp3) is 0.619. The lowest BCUT2D eigenvalue weighted by molar-refractivity contribution is -0.185. The molecule has 0 radical (unpaired) electrons. The van der Waals surface area contributed by atoms with Crippen LogP contribution in [0.1, 0.15) is 43.2 Å². The summed E-state index contributed by atoms with van der Waals surface area (Å²) in [5.41, 5.74) is 1.72. The van der Waals surface area contributed by atoms with E-state index in [1.54, 1.807) is 13.2 Å². The number of aryl methyl sites for hydroxylation is 1.